The van der Waals surface area contributed by atoms with Crippen LogP contribution in [0.5, 0.6) is 0 Å². The van der Waals surface area contributed by atoms with Gasteiger partial charge < -0.3 is 19.5 Å². The monoisotopic (exact) mass is 386 g/mol. The first-order valence-corrected chi connectivity index (χ1v) is 9.86. The molecule has 2 aromatic rings. The molecule has 28 heavy (non-hydrogen) atoms. The number of hydrogen-bond acceptors (Lipinski definition) is 4. The lowest BCUT2D eigenvalue weighted by Gasteiger charge is -2.43. The number of aryl methyl sites for hydroxylation is 1. The molecule has 1 aliphatic rings. The van der Waals surface area contributed by atoms with E-state index in [1.807, 2.05) is 26.8 Å². The van der Waals surface area contributed by atoms with E-state index in [9.17, 15) is 14.7 Å². The van der Waals surface area contributed by atoms with Crippen molar-refractivity contribution in [3.8, 4) is 0 Å². The lowest BCUT2D eigenvalue weighted by molar-refractivity contribution is 0.0424. The lowest BCUT2D eigenvalue weighted by atomic mass is 9.96. The van der Waals surface area contributed by atoms with E-state index in [0.29, 0.717) is 0 Å². The van der Waals surface area contributed by atoms with Crippen molar-refractivity contribution >= 4 is 17.1 Å². The molecule has 1 amide bonds. The zero-order valence-electron chi connectivity index (χ0n) is 17.2. The van der Waals surface area contributed by atoms with Crippen LogP contribution in [0.1, 0.15) is 39.2 Å². The number of carbonyl (C=O) groups is 1. The Labute approximate surface area is 165 Å². The van der Waals surface area contributed by atoms with E-state index in [0.717, 1.165) is 55.5 Å². The molecule has 0 aliphatic carbocycles. The molecule has 3 heterocycles. The highest BCUT2D eigenvalue weighted by atomic mass is 16.4. The molecule has 0 saturated carbocycles. The third-order valence-corrected chi connectivity index (χ3v) is 5.63. The fraction of sp³-hybridized carbons (Fsp3) is 0.571. The Morgan fingerprint density at radius 3 is 2.54 bits per heavy atom. The molecule has 0 bridgehead atoms. The number of piperidine rings is 1. The summed E-state index contributed by atoms with van der Waals surface area (Å²) in [5.74, 6) is 0. The van der Waals surface area contributed by atoms with Crippen LogP contribution in [-0.4, -0.2) is 61.8 Å². The van der Waals surface area contributed by atoms with E-state index < -0.39 is 6.09 Å². The summed E-state index contributed by atoms with van der Waals surface area (Å²) in [4.78, 5) is 32.1. The van der Waals surface area contributed by atoms with Gasteiger partial charge in [0.15, 0.2) is 0 Å². The first-order valence-electron chi connectivity index (χ1n) is 9.86. The van der Waals surface area contributed by atoms with Crippen molar-refractivity contribution in [3.63, 3.8) is 0 Å². The maximum atomic E-state index is 12.0. The van der Waals surface area contributed by atoms with Crippen molar-refractivity contribution in [1.82, 2.24) is 19.4 Å². The van der Waals surface area contributed by atoms with Gasteiger partial charge in [0.05, 0.1) is 11.0 Å². The number of fused-ring (bicyclic) bond motifs is 1. The minimum absolute atomic E-state index is 0.0292. The van der Waals surface area contributed by atoms with Crippen LogP contribution in [0.2, 0.25) is 0 Å². The Bertz CT molecular complexity index is 908. The van der Waals surface area contributed by atoms with Crippen molar-refractivity contribution < 1.29 is 9.90 Å². The van der Waals surface area contributed by atoms with Gasteiger partial charge in [0, 0.05) is 50.5 Å². The fourth-order valence-electron chi connectivity index (χ4n) is 4.27. The minimum Gasteiger partial charge on any atom is -0.465 e. The number of rotatable bonds is 4. The third kappa shape index (κ3) is 4.19. The van der Waals surface area contributed by atoms with Gasteiger partial charge in [0.25, 0.3) is 5.56 Å². The summed E-state index contributed by atoms with van der Waals surface area (Å²) >= 11 is 0. The number of pyridine rings is 2. The molecule has 0 atom stereocenters. The average Bonchev–Trinajstić information content (AvgIpc) is 2.62. The Kier molecular flexibility index (Phi) is 5.74. The number of carboxylic acid groups (broad SMARTS) is 1. The summed E-state index contributed by atoms with van der Waals surface area (Å²) in [5, 5.41) is 9.61. The van der Waals surface area contributed by atoms with Gasteiger partial charge in [-0.15, -0.1) is 0 Å². The van der Waals surface area contributed by atoms with Crippen molar-refractivity contribution in [2.24, 2.45) is 7.05 Å². The quantitative estimate of drug-likeness (QED) is 0.874. The Balaban J connectivity index is 1.65. The number of aromatic nitrogens is 2. The zero-order chi connectivity index (χ0) is 20.5. The Hall–Kier alpha value is -2.41. The normalized spacial score (nSPS) is 16.4. The summed E-state index contributed by atoms with van der Waals surface area (Å²) in [6.45, 7) is 8.50. The first-order chi connectivity index (χ1) is 13.2. The van der Waals surface area contributed by atoms with Crippen molar-refractivity contribution in [2.45, 2.75) is 51.6 Å². The zero-order valence-corrected chi connectivity index (χ0v) is 17.2. The largest absolute Gasteiger partial charge is 0.465 e. The van der Waals surface area contributed by atoms with Crippen LogP contribution in [-0.2, 0) is 13.5 Å². The van der Waals surface area contributed by atoms with E-state index in [1.54, 1.807) is 34.8 Å². The number of hydrogen-bond donors (Lipinski definition) is 1. The maximum absolute atomic E-state index is 12.0. The van der Waals surface area contributed by atoms with E-state index in [2.05, 4.69) is 9.88 Å². The highest BCUT2D eigenvalue weighted by molar-refractivity contribution is 5.78. The minimum atomic E-state index is -0.838. The van der Waals surface area contributed by atoms with Crippen LogP contribution in [0.3, 0.4) is 0 Å². The highest BCUT2D eigenvalue weighted by Gasteiger charge is 2.35. The SMILES string of the molecule is Cn1c(=O)ccc2nccc(CCN3CCC(N(C(=O)O)C(C)(C)C)CC3)c21. The first kappa shape index (κ1) is 20.3. The maximum Gasteiger partial charge on any atom is 0.407 e. The summed E-state index contributed by atoms with van der Waals surface area (Å²) < 4.78 is 1.66. The molecule has 152 valence electrons. The Morgan fingerprint density at radius 1 is 1.25 bits per heavy atom. The van der Waals surface area contributed by atoms with Crippen LogP contribution < -0.4 is 5.56 Å². The summed E-state index contributed by atoms with van der Waals surface area (Å²) in [6.07, 6.45) is 3.49. The fourth-order valence-corrected chi connectivity index (χ4v) is 4.27. The molecule has 0 radical (unpaired) electrons. The Morgan fingerprint density at radius 2 is 1.93 bits per heavy atom. The number of nitrogens with zero attached hydrogens (tertiary/aromatic N) is 4. The van der Waals surface area contributed by atoms with Crippen LogP contribution >= 0.6 is 0 Å². The van der Waals surface area contributed by atoms with Gasteiger partial charge in [-0.2, -0.15) is 0 Å². The second-order valence-electron chi connectivity index (χ2n) is 8.58. The predicted octanol–water partition coefficient (Wildman–Crippen LogP) is 2.72. The summed E-state index contributed by atoms with van der Waals surface area (Å²) in [6, 6.07) is 5.38. The van der Waals surface area contributed by atoms with Crippen LogP contribution in [0, 0.1) is 0 Å². The second kappa shape index (κ2) is 7.91. The van der Waals surface area contributed by atoms with Gasteiger partial charge in [-0.25, -0.2) is 4.79 Å². The smallest absolute Gasteiger partial charge is 0.407 e. The molecule has 1 aliphatic heterocycles. The molecular formula is C21H30N4O3. The van der Waals surface area contributed by atoms with Crippen LogP contribution in [0.4, 0.5) is 4.79 Å². The highest BCUT2D eigenvalue weighted by Crippen LogP contribution is 2.25. The van der Waals surface area contributed by atoms with Gasteiger partial charge in [0.2, 0.25) is 0 Å². The van der Waals surface area contributed by atoms with Gasteiger partial charge >= 0.3 is 6.09 Å². The number of amides is 1. The van der Waals surface area contributed by atoms with E-state index >= 15 is 0 Å². The summed E-state index contributed by atoms with van der Waals surface area (Å²) in [5.41, 5.74) is 2.43. The van der Waals surface area contributed by atoms with E-state index in [1.165, 1.54) is 0 Å². The standard InChI is InChI=1S/C21H30N4O3/c1-21(2,3)25(20(27)28)16-9-13-24(14-10-16)12-8-15-7-11-22-17-5-6-18(26)23(4)19(15)17/h5-7,11,16H,8-10,12-14H2,1-4H3,(H,27,28). The van der Waals surface area contributed by atoms with Crippen molar-refractivity contribution in [1.29, 1.82) is 0 Å². The molecule has 1 saturated heterocycles. The topological polar surface area (TPSA) is 78.7 Å². The third-order valence-electron chi connectivity index (χ3n) is 5.63. The molecule has 7 heteroatoms. The van der Waals surface area contributed by atoms with Crippen molar-refractivity contribution in [3.05, 3.63) is 40.3 Å². The molecule has 0 unspecified atom stereocenters. The predicted molar refractivity (Wildman–Crippen MR) is 110 cm³/mol. The van der Waals surface area contributed by atoms with E-state index in [-0.39, 0.29) is 17.1 Å². The van der Waals surface area contributed by atoms with Gasteiger partial charge in [-0.05, 0) is 57.7 Å². The number of likely N-dealkylation sites (tertiary alicyclic amines) is 1. The van der Waals surface area contributed by atoms with Gasteiger partial charge in [0.1, 0.15) is 0 Å². The van der Waals surface area contributed by atoms with Crippen molar-refractivity contribution in [2.75, 3.05) is 19.6 Å². The van der Waals surface area contributed by atoms with Crippen LogP contribution in [0.25, 0.3) is 11.0 Å². The molecule has 3 rings (SSSR count). The molecule has 1 fully saturated rings. The second-order valence-corrected chi connectivity index (χ2v) is 8.58. The molecule has 7 nitrogen and oxygen atoms in total. The van der Waals surface area contributed by atoms with Crippen LogP contribution in [0.15, 0.2) is 29.2 Å². The van der Waals surface area contributed by atoms with Gasteiger partial charge in [-0.1, -0.05) is 0 Å². The molecule has 1 N–H and O–H groups in total. The van der Waals surface area contributed by atoms with E-state index in [4.69, 9.17) is 0 Å². The molecule has 0 spiro atoms. The average molecular weight is 386 g/mol. The molecule has 2 aromatic heterocycles. The molecular weight excluding hydrogens is 356 g/mol. The molecule has 0 aromatic carbocycles. The van der Waals surface area contributed by atoms with Gasteiger partial charge in [-0.3, -0.25) is 9.78 Å². The lowest BCUT2D eigenvalue weighted by Crippen LogP contribution is -2.54. The summed E-state index contributed by atoms with van der Waals surface area (Å²) in [7, 11) is 1.79.